The first-order valence-corrected chi connectivity index (χ1v) is 7.14. The lowest BCUT2D eigenvalue weighted by molar-refractivity contribution is -0.384. The molecular formula is C11H17N3O5S. The normalized spacial score (nSPS) is 12.3. The summed E-state index contributed by atoms with van der Waals surface area (Å²) in [6.07, 6.45) is 0. The van der Waals surface area contributed by atoms with Crippen LogP contribution in [0.2, 0.25) is 0 Å². The van der Waals surface area contributed by atoms with Crippen LogP contribution in [0.25, 0.3) is 0 Å². The lowest BCUT2D eigenvalue weighted by Crippen LogP contribution is -2.46. The Morgan fingerprint density at radius 2 is 2.05 bits per heavy atom. The summed E-state index contributed by atoms with van der Waals surface area (Å²) in [4.78, 5) is 9.75. The number of hydrogen-bond acceptors (Lipinski definition) is 6. The molecule has 0 radical (unpaired) electrons. The van der Waals surface area contributed by atoms with E-state index in [0.29, 0.717) is 0 Å². The number of benzene rings is 1. The number of anilines is 1. The van der Waals surface area contributed by atoms with E-state index in [2.05, 4.69) is 4.72 Å². The topological polar surface area (TPSA) is 125 Å². The zero-order valence-electron chi connectivity index (χ0n) is 11.4. The van der Waals surface area contributed by atoms with Crippen molar-refractivity contribution in [1.29, 1.82) is 0 Å². The molecule has 0 fully saturated rings. The Labute approximate surface area is 117 Å². The predicted molar refractivity (Wildman–Crippen MR) is 73.8 cm³/mol. The van der Waals surface area contributed by atoms with Gasteiger partial charge in [-0.25, -0.2) is 13.1 Å². The van der Waals surface area contributed by atoms with Gasteiger partial charge >= 0.3 is 0 Å². The number of nitrogens with zero attached hydrogens (tertiary/aromatic N) is 1. The van der Waals surface area contributed by atoms with E-state index in [1.807, 2.05) is 0 Å². The van der Waals surface area contributed by atoms with Crippen molar-refractivity contribution in [3.05, 3.63) is 28.3 Å². The summed E-state index contributed by atoms with van der Waals surface area (Å²) in [7, 11) is -2.44. The van der Waals surface area contributed by atoms with E-state index in [-0.39, 0.29) is 22.9 Å². The number of methoxy groups -OCH3 is 1. The average Bonchev–Trinajstić information content (AvgIpc) is 2.26. The minimum absolute atomic E-state index is 0.166. The van der Waals surface area contributed by atoms with E-state index in [4.69, 9.17) is 10.5 Å². The van der Waals surface area contributed by atoms with E-state index < -0.39 is 20.5 Å². The molecule has 0 amide bonds. The molecule has 0 unspecified atom stereocenters. The molecule has 0 aliphatic carbocycles. The van der Waals surface area contributed by atoms with Crippen LogP contribution in [0.1, 0.15) is 13.8 Å². The van der Waals surface area contributed by atoms with Crippen molar-refractivity contribution in [2.45, 2.75) is 24.3 Å². The molecule has 3 N–H and O–H groups in total. The zero-order chi connectivity index (χ0) is 15.6. The van der Waals surface area contributed by atoms with Gasteiger partial charge < -0.3 is 10.5 Å². The molecule has 20 heavy (non-hydrogen) atoms. The van der Waals surface area contributed by atoms with Crippen LogP contribution in [0.15, 0.2) is 23.1 Å². The summed E-state index contributed by atoms with van der Waals surface area (Å²) >= 11 is 0. The fraction of sp³-hybridized carbons (Fsp3) is 0.455. The van der Waals surface area contributed by atoms with E-state index in [9.17, 15) is 18.5 Å². The first-order chi connectivity index (χ1) is 9.09. The largest absolute Gasteiger partial charge is 0.397 e. The van der Waals surface area contributed by atoms with Gasteiger partial charge in [0.15, 0.2) is 0 Å². The fourth-order valence-corrected chi connectivity index (χ4v) is 3.22. The lowest BCUT2D eigenvalue weighted by atomic mass is 10.1. The van der Waals surface area contributed by atoms with E-state index in [1.54, 1.807) is 13.8 Å². The first kappa shape index (κ1) is 16.3. The van der Waals surface area contributed by atoms with Crippen molar-refractivity contribution < 1.29 is 18.1 Å². The molecule has 0 bridgehead atoms. The molecule has 8 nitrogen and oxygen atoms in total. The third-order valence-electron chi connectivity index (χ3n) is 2.41. The number of sulfonamides is 1. The minimum atomic E-state index is -3.89. The molecule has 0 aliphatic heterocycles. The summed E-state index contributed by atoms with van der Waals surface area (Å²) in [6.45, 7) is 3.46. The Kier molecular flexibility index (Phi) is 4.69. The number of nitro groups is 1. The number of nitrogens with one attached hydrogen (secondary N) is 1. The maximum absolute atomic E-state index is 12.2. The zero-order valence-corrected chi connectivity index (χ0v) is 12.2. The number of rotatable bonds is 6. The van der Waals surface area contributed by atoms with Crippen LogP contribution >= 0.6 is 0 Å². The number of ether oxygens (including phenoxy) is 1. The number of nitro benzene ring substituents is 1. The molecule has 0 spiro atoms. The van der Waals surface area contributed by atoms with Gasteiger partial charge in [-0.15, -0.1) is 0 Å². The molecule has 1 rings (SSSR count). The molecule has 0 atom stereocenters. The van der Waals surface area contributed by atoms with Crippen molar-refractivity contribution in [2.75, 3.05) is 19.5 Å². The van der Waals surface area contributed by atoms with Crippen LogP contribution in [0.5, 0.6) is 0 Å². The minimum Gasteiger partial charge on any atom is -0.397 e. The highest BCUT2D eigenvalue weighted by atomic mass is 32.2. The quantitative estimate of drug-likeness (QED) is 0.456. The SMILES string of the molecule is COCC(C)(C)NS(=O)(=O)c1ccc([N+](=O)[O-])cc1N. The monoisotopic (exact) mass is 303 g/mol. The van der Waals surface area contributed by atoms with Crippen LogP contribution < -0.4 is 10.5 Å². The molecule has 9 heteroatoms. The van der Waals surface area contributed by atoms with Crippen molar-refractivity contribution in [3.63, 3.8) is 0 Å². The van der Waals surface area contributed by atoms with Gasteiger partial charge in [-0.05, 0) is 19.9 Å². The molecule has 1 aromatic rings. The number of non-ortho nitro benzene ring substituents is 1. The van der Waals surface area contributed by atoms with E-state index in [1.165, 1.54) is 7.11 Å². The Hall–Kier alpha value is -1.71. The van der Waals surface area contributed by atoms with E-state index in [0.717, 1.165) is 18.2 Å². The van der Waals surface area contributed by atoms with Crippen LogP contribution in [-0.2, 0) is 14.8 Å². The van der Waals surface area contributed by atoms with Crippen molar-refractivity contribution in [2.24, 2.45) is 0 Å². The van der Waals surface area contributed by atoms with Gasteiger partial charge in [-0.3, -0.25) is 10.1 Å². The van der Waals surface area contributed by atoms with Crippen molar-refractivity contribution >= 4 is 21.4 Å². The second-order valence-electron chi connectivity index (χ2n) is 4.90. The maximum Gasteiger partial charge on any atom is 0.271 e. The summed E-state index contributed by atoms with van der Waals surface area (Å²) < 4.78 is 31.8. The third-order valence-corrected chi connectivity index (χ3v) is 4.18. The molecule has 0 aliphatic rings. The average molecular weight is 303 g/mol. The number of nitrogens with two attached hydrogens (primary N) is 1. The summed E-state index contributed by atoms with van der Waals surface area (Å²) in [6, 6.07) is 3.21. The number of hydrogen-bond donors (Lipinski definition) is 2. The number of nitrogen functional groups attached to an aromatic ring is 1. The predicted octanol–water partition coefficient (Wildman–Crippen LogP) is 0.880. The van der Waals surface area contributed by atoms with Crippen LogP contribution in [0.3, 0.4) is 0 Å². The van der Waals surface area contributed by atoms with Gasteiger partial charge in [0.05, 0.1) is 22.8 Å². The van der Waals surface area contributed by atoms with Crippen LogP contribution in [-0.4, -0.2) is 32.6 Å². The Bertz CT molecular complexity index is 612. The summed E-state index contributed by atoms with van der Waals surface area (Å²) in [5, 5.41) is 10.6. The molecule has 0 saturated heterocycles. The Balaban J connectivity index is 3.14. The second kappa shape index (κ2) is 5.73. The van der Waals surface area contributed by atoms with Crippen molar-refractivity contribution in [3.8, 4) is 0 Å². The first-order valence-electron chi connectivity index (χ1n) is 5.66. The summed E-state index contributed by atoms with van der Waals surface area (Å²) in [5.41, 5.74) is 4.30. The van der Waals surface area contributed by atoms with Crippen LogP contribution in [0.4, 0.5) is 11.4 Å². The lowest BCUT2D eigenvalue weighted by Gasteiger charge is -2.25. The van der Waals surface area contributed by atoms with Gasteiger partial charge in [-0.2, -0.15) is 0 Å². The standard InChI is InChI=1S/C11H17N3O5S/c1-11(2,7-19-3)13-20(17,18)10-5-4-8(14(15)16)6-9(10)12/h4-6,13H,7,12H2,1-3H3. The van der Waals surface area contributed by atoms with Gasteiger partial charge in [0.25, 0.3) is 5.69 Å². The molecule has 0 saturated carbocycles. The van der Waals surface area contributed by atoms with E-state index >= 15 is 0 Å². The fourth-order valence-electron chi connectivity index (χ4n) is 1.70. The molecule has 112 valence electrons. The molecular weight excluding hydrogens is 286 g/mol. The Morgan fingerprint density at radius 3 is 2.50 bits per heavy atom. The third kappa shape index (κ3) is 3.89. The second-order valence-corrected chi connectivity index (χ2v) is 6.55. The summed E-state index contributed by atoms with van der Waals surface area (Å²) in [5.74, 6) is 0. The van der Waals surface area contributed by atoms with Gasteiger partial charge in [0.1, 0.15) is 4.90 Å². The Morgan fingerprint density at radius 1 is 1.45 bits per heavy atom. The molecule has 0 aromatic heterocycles. The van der Waals surface area contributed by atoms with Gasteiger partial charge in [0, 0.05) is 19.2 Å². The highest BCUT2D eigenvalue weighted by molar-refractivity contribution is 7.89. The molecule has 1 aromatic carbocycles. The smallest absolute Gasteiger partial charge is 0.271 e. The highest BCUT2D eigenvalue weighted by Gasteiger charge is 2.28. The van der Waals surface area contributed by atoms with Gasteiger partial charge in [0.2, 0.25) is 10.0 Å². The van der Waals surface area contributed by atoms with Crippen molar-refractivity contribution in [1.82, 2.24) is 4.72 Å². The van der Waals surface area contributed by atoms with Gasteiger partial charge in [-0.1, -0.05) is 0 Å². The maximum atomic E-state index is 12.2. The molecule has 0 heterocycles. The highest BCUT2D eigenvalue weighted by Crippen LogP contribution is 2.24. The van der Waals surface area contributed by atoms with Crippen LogP contribution in [0, 0.1) is 10.1 Å².